The van der Waals surface area contributed by atoms with Gasteiger partial charge < -0.3 is 10.2 Å². The number of carbonyl (C=O) groups is 1. The van der Waals surface area contributed by atoms with Crippen molar-refractivity contribution in [2.45, 2.75) is 51.0 Å². The maximum atomic E-state index is 12.1. The molecule has 0 bridgehead atoms. The van der Waals surface area contributed by atoms with Gasteiger partial charge in [-0.25, -0.2) is 4.98 Å². The van der Waals surface area contributed by atoms with E-state index in [4.69, 9.17) is 0 Å². The van der Waals surface area contributed by atoms with Crippen molar-refractivity contribution in [3.05, 3.63) is 22.8 Å². The van der Waals surface area contributed by atoms with Gasteiger partial charge in [0.25, 0.3) is 0 Å². The van der Waals surface area contributed by atoms with Crippen molar-refractivity contribution in [1.82, 2.24) is 10.3 Å². The van der Waals surface area contributed by atoms with Crippen LogP contribution in [0.15, 0.2) is 22.8 Å². The summed E-state index contributed by atoms with van der Waals surface area (Å²) in [5, 5.41) is 3.21. The first kappa shape index (κ1) is 15.8. The lowest BCUT2D eigenvalue weighted by Crippen LogP contribution is -2.38. The van der Waals surface area contributed by atoms with Crippen LogP contribution < -0.4 is 10.2 Å². The minimum absolute atomic E-state index is 0.257. The third-order valence-electron chi connectivity index (χ3n) is 4.84. The van der Waals surface area contributed by atoms with Crippen LogP contribution in [0.2, 0.25) is 0 Å². The number of piperidine rings is 1. The smallest absolute Gasteiger partial charge is 0.220 e. The van der Waals surface area contributed by atoms with Crippen molar-refractivity contribution >= 4 is 27.7 Å². The number of nitrogens with zero attached hydrogens (tertiary/aromatic N) is 2. The number of hydrogen-bond acceptors (Lipinski definition) is 3. The van der Waals surface area contributed by atoms with Gasteiger partial charge in [-0.05, 0) is 59.7 Å². The molecule has 5 heteroatoms. The molecular formula is C17H24BrN3O. The van der Waals surface area contributed by atoms with E-state index in [0.717, 1.165) is 36.2 Å². The van der Waals surface area contributed by atoms with Crippen LogP contribution in [0, 0.1) is 5.92 Å². The van der Waals surface area contributed by atoms with Crippen LogP contribution in [0.4, 0.5) is 5.82 Å². The Morgan fingerprint density at radius 3 is 2.59 bits per heavy atom. The standard InChI is InChI=1S/C17H24BrN3O/c18-14-5-6-16(19-12-14)21-9-7-13(8-10-21)11-17(22)20-15-3-1-2-4-15/h5-6,12-13,15H,1-4,7-11H2,(H,20,22). The first-order valence-corrected chi connectivity index (χ1v) is 9.16. The molecule has 0 spiro atoms. The minimum Gasteiger partial charge on any atom is -0.357 e. The summed E-state index contributed by atoms with van der Waals surface area (Å²) < 4.78 is 1.01. The predicted molar refractivity (Wildman–Crippen MR) is 91.9 cm³/mol. The highest BCUT2D eigenvalue weighted by molar-refractivity contribution is 9.10. The highest BCUT2D eigenvalue weighted by atomic mass is 79.9. The maximum absolute atomic E-state index is 12.1. The molecular weight excluding hydrogens is 342 g/mol. The second-order valence-corrected chi connectivity index (χ2v) is 7.43. The van der Waals surface area contributed by atoms with Gasteiger partial charge in [0.2, 0.25) is 5.91 Å². The molecule has 22 heavy (non-hydrogen) atoms. The van der Waals surface area contributed by atoms with E-state index in [9.17, 15) is 4.79 Å². The van der Waals surface area contributed by atoms with Gasteiger partial charge in [0.05, 0.1) is 0 Å². The fourth-order valence-corrected chi connectivity index (χ4v) is 3.77. The Bertz CT molecular complexity index is 491. The monoisotopic (exact) mass is 365 g/mol. The zero-order valence-electron chi connectivity index (χ0n) is 12.9. The molecule has 1 aliphatic heterocycles. The Hall–Kier alpha value is -1.10. The molecule has 1 aromatic heterocycles. The lowest BCUT2D eigenvalue weighted by molar-refractivity contribution is -0.122. The summed E-state index contributed by atoms with van der Waals surface area (Å²) in [5.74, 6) is 1.82. The molecule has 1 saturated carbocycles. The fourth-order valence-electron chi connectivity index (χ4n) is 3.54. The molecule has 120 valence electrons. The summed E-state index contributed by atoms with van der Waals surface area (Å²) in [6, 6.07) is 4.53. The minimum atomic E-state index is 0.257. The number of pyridine rings is 1. The molecule has 0 radical (unpaired) electrons. The van der Waals surface area contributed by atoms with Crippen LogP contribution >= 0.6 is 15.9 Å². The van der Waals surface area contributed by atoms with Crippen LogP contribution in [0.3, 0.4) is 0 Å². The number of carbonyl (C=O) groups excluding carboxylic acids is 1. The van der Waals surface area contributed by atoms with Crippen molar-refractivity contribution in [2.24, 2.45) is 5.92 Å². The van der Waals surface area contributed by atoms with Gasteiger partial charge in [0.1, 0.15) is 5.82 Å². The summed E-state index contributed by atoms with van der Waals surface area (Å²) in [7, 11) is 0. The van der Waals surface area contributed by atoms with Gasteiger partial charge in [-0.1, -0.05) is 12.8 Å². The summed E-state index contributed by atoms with van der Waals surface area (Å²) in [4.78, 5) is 18.9. The Labute approximate surface area is 140 Å². The van der Waals surface area contributed by atoms with Gasteiger partial charge in [-0.2, -0.15) is 0 Å². The second-order valence-electron chi connectivity index (χ2n) is 6.52. The molecule has 0 unspecified atom stereocenters. The zero-order chi connectivity index (χ0) is 15.4. The van der Waals surface area contributed by atoms with E-state index in [1.165, 1.54) is 25.7 Å². The van der Waals surface area contributed by atoms with Crippen LogP contribution in [0.25, 0.3) is 0 Å². The van der Waals surface area contributed by atoms with Crippen molar-refractivity contribution in [1.29, 1.82) is 0 Å². The van der Waals surface area contributed by atoms with Gasteiger partial charge in [0, 0.05) is 36.2 Å². The van der Waals surface area contributed by atoms with Gasteiger partial charge >= 0.3 is 0 Å². The van der Waals surface area contributed by atoms with E-state index in [-0.39, 0.29) is 5.91 Å². The van der Waals surface area contributed by atoms with E-state index < -0.39 is 0 Å². The lowest BCUT2D eigenvalue weighted by Gasteiger charge is -2.32. The van der Waals surface area contributed by atoms with Gasteiger partial charge in [0.15, 0.2) is 0 Å². The molecule has 1 aromatic rings. The SMILES string of the molecule is O=C(CC1CCN(c2ccc(Br)cn2)CC1)NC1CCCC1. The Morgan fingerprint density at radius 1 is 1.23 bits per heavy atom. The maximum Gasteiger partial charge on any atom is 0.220 e. The van der Waals surface area contributed by atoms with Crippen molar-refractivity contribution in [3.63, 3.8) is 0 Å². The quantitative estimate of drug-likeness (QED) is 0.887. The topological polar surface area (TPSA) is 45.2 Å². The Kier molecular flexibility index (Phi) is 5.34. The highest BCUT2D eigenvalue weighted by Gasteiger charge is 2.24. The van der Waals surface area contributed by atoms with E-state index >= 15 is 0 Å². The molecule has 0 atom stereocenters. The highest BCUT2D eigenvalue weighted by Crippen LogP contribution is 2.25. The molecule has 0 aromatic carbocycles. The lowest BCUT2D eigenvalue weighted by atomic mass is 9.93. The number of hydrogen-bond donors (Lipinski definition) is 1. The summed E-state index contributed by atoms with van der Waals surface area (Å²) >= 11 is 3.42. The summed E-state index contributed by atoms with van der Waals surface area (Å²) in [6.45, 7) is 1.99. The Balaban J connectivity index is 1.43. The number of anilines is 1. The van der Waals surface area contributed by atoms with Crippen molar-refractivity contribution < 1.29 is 4.79 Å². The molecule has 4 nitrogen and oxygen atoms in total. The molecule has 2 fully saturated rings. The molecule has 2 aliphatic rings. The normalized spacial score (nSPS) is 20.3. The van der Waals surface area contributed by atoms with Gasteiger partial charge in [-0.3, -0.25) is 4.79 Å². The van der Waals surface area contributed by atoms with Crippen molar-refractivity contribution in [2.75, 3.05) is 18.0 Å². The zero-order valence-corrected chi connectivity index (χ0v) is 14.5. The summed E-state index contributed by atoms with van der Waals surface area (Å²) in [5.41, 5.74) is 0. The molecule has 1 N–H and O–H groups in total. The average Bonchev–Trinajstić information content (AvgIpc) is 3.02. The first-order valence-electron chi connectivity index (χ1n) is 8.36. The third-order valence-corrected chi connectivity index (χ3v) is 5.31. The Morgan fingerprint density at radius 2 is 1.95 bits per heavy atom. The van der Waals surface area contributed by atoms with E-state index in [1.54, 1.807) is 0 Å². The third kappa shape index (κ3) is 4.22. The second kappa shape index (κ2) is 7.44. The largest absolute Gasteiger partial charge is 0.357 e. The fraction of sp³-hybridized carbons (Fsp3) is 0.647. The average molecular weight is 366 g/mol. The van der Waals surface area contributed by atoms with Crippen LogP contribution in [-0.2, 0) is 4.79 Å². The number of amides is 1. The van der Waals surface area contributed by atoms with Crippen molar-refractivity contribution in [3.8, 4) is 0 Å². The molecule has 1 amide bonds. The van der Waals surface area contributed by atoms with E-state index in [2.05, 4.69) is 37.2 Å². The number of halogens is 1. The summed E-state index contributed by atoms with van der Waals surface area (Å²) in [6.07, 6.45) is 9.56. The molecule has 2 heterocycles. The first-order chi connectivity index (χ1) is 10.7. The predicted octanol–water partition coefficient (Wildman–Crippen LogP) is 3.51. The molecule has 1 saturated heterocycles. The van der Waals surface area contributed by atoms with E-state index in [0.29, 0.717) is 18.4 Å². The number of aromatic nitrogens is 1. The molecule has 3 rings (SSSR count). The number of rotatable bonds is 4. The van der Waals surface area contributed by atoms with E-state index in [1.807, 2.05) is 12.3 Å². The van der Waals surface area contributed by atoms with Crippen LogP contribution in [0.5, 0.6) is 0 Å². The van der Waals surface area contributed by atoms with Crippen LogP contribution in [-0.4, -0.2) is 30.0 Å². The van der Waals surface area contributed by atoms with Gasteiger partial charge in [-0.15, -0.1) is 0 Å². The number of nitrogens with one attached hydrogen (secondary N) is 1. The van der Waals surface area contributed by atoms with Crippen LogP contribution in [0.1, 0.15) is 44.9 Å². The molecule has 1 aliphatic carbocycles.